The quantitative estimate of drug-likeness (QED) is 0.0899. The van der Waals surface area contributed by atoms with Crippen molar-refractivity contribution >= 4 is 79.0 Å². The molecule has 6 heteroatoms. The minimum atomic E-state index is -0.387. The van der Waals surface area contributed by atoms with Crippen LogP contribution in [0.5, 0.6) is 0 Å². The maximum absolute atomic E-state index is 2.72. The second kappa shape index (κ2) is 34.1. The first-order valence-corrected chi connectivity index (χ1v) is 48.7. The zero-order chi connectivity index (χ0) is 94.0. The van der Waals surface area contributed by atoms with Gasteiger partial charge in [0.25, 0.3) is 6.71 Å². The van der Waals surface area contributed by atoms with Crippen LogP contribution in [0.25, 0.3) is 162 Å². The standard InChI is InChI=1S/C132H110BN5/c1-129(2,3)99-76-97(77-100(83-99)130(4,5)6)106-64-40-43-67-112(106)137-116-85-104(135-125(91-54-30-17-31-55-91)120(87-46-22-13-23-47-87)121(88-48-24-14-25-49-88)126(135)92-56-32-18-33-57-92)71-73-110(116)133-111-74-72-105(136-127(93-58-34-19-35-59-93)122(89-50-26-15-27-51-89)123(90-52-28-16-29-53-90)128(136)94-60-36-20-37-61-94)86-117(111)138(113-68-44-41-65-107(113)98-78-101(131(7,8)9)84-102(79-98)132(10,11)12)119-82-96(81-118(137)124(119)133)95-70-75-115-109(80-95)108-66-42-45-69-114(108)134(115)103-62-38-21-39-63-103/h13-86H,1-12H3. The highest BCUT2D eigenvalue weighted by Gasteiger charge is 2.46. The van der Waals surface area contributed by atoms with Crippen LogP contribution in [0.1, 0.15) is 105 Å². The number of hydrogen-bond donors (Lipinski definition) is 0. The number of benzene rings is 18. The molecule has 2 aliphatic heterocycles. The summed E-state index contributed by atoms with van der Waals surface area (Å²) in [6.45, 7) is 28.0. The summed E-state index contributed by atoms with van der Waals surface area (Å²) in [6, 6.07) is 170. The molecule has 0 aliphatic carbocycles. The zero-order valence-corrected chi connectivity index (χ0v) is 80.5. The Labute approximate surface area is 812 Å². The lowest BCUT2D eigenvalue weighted by molar-refractivity contribution is 0.568. The van der Waals surface area contributed by atoms with Crippen LogP contribution in [0.15, 0.2) is 449 Å². The van der Waals surface area contributed by atoms with Crippen LogP contribution in [0.3, 0.4) is 0 Å². The van der Waals surface area contributed by atoms with E-state index >= 15 is 0 Å². The summed E-state index contributed by atoms with van der Waals surface area (Å²) < 4.78 is 7.69. The number of hydrogen-bond acceptors (Lipinski definition) is 2. The molecule has 23 rings (SSSR count). The van der Waals surface area contributed by atoms with Crippen molar-refractivity contribution in [2.24, 2.45) is 0 Å². The molecule has 0 saturated heterocycles. The maximum atomic E-state index is 2.72. The summed E-state index contributed by atoms with van der Waals surface area (Å²) >= 11 is 0. The monoisotopic (exact) mass is 1780 g/mol. The summed E-state index contributed by atoms with van der Waals surface area (Å²) in [6.07, 6.45) is 0. The fourth-order valence-corrected chi connectivity index (χ4v) is 21.7. The van der Waals surface area contributed by atoms with Crippen LogP contribution in [0.4, 0.5) is 34.1 Å². The van der Waals surface area contributed by atoms with Crippen LogP contribution in [-0.2, 0) is 21.7 Å². The Morgan fingerprint density at radius 2 is 0.478 bits per heavy atom. The Morgan fingerprint density at radius 1 is 0.181 bits per heavy atom. The molecule has 5 nitrogen and oxygen atoms in total. The number of rotatable bonds is 16. The lowest BCUT2D eigenvalue weighted by Gasteiger charge is -2.45. The highest BCUT2D eigenvalue weighted by molar-refractivity contribution is 7.00. The van der Waals surface area contributed by atoms with E-state index in [0.717, 1.165) is 185 Å². The summed E-state index contributed by atoms with van der Waals surface area (Å²) in [5.74, 6) is 0. The van der Waals surface area contributed by atoms with Crippen molar-refractivity contribution in [3.05, 3.63) is 471 Å². The van der Waals surface area contributed by atoms with Gasteiger partial charge in [0.15, 0.2) is 0 Å². The molecule has 5 heterocycles. The minimum absolute atomic E-state index is 0.190. The predicted octanol–water partition coefficient (Wildman–Crippen LogP) is 34.0. The highest BCUT2D eigenvalue weighted by Crippen LogP contribution is 2.57. The lowest BCUT2D eigenvalue weighted by Crippen LogP contribution is -2.61. The molecule has 0 bridgehead atoms. The van der Waals surface area contributed by atoms with E-state index < -0.39 is 0 Å². The molecule has 3 aromatic heterocycles. The number of para-hydroxylation sites is 4. The average molecular weight is 1780 g/mol. The van der Waals surface area contributed by atoms with E-state index in [1.165, 1.54) is 49.4 Å². The Balaban J connectivity index is 0.909. The average Bonchev–Trinajstić information content (AvgIpc) is 0.811. The van der Waals surface area contributed by atoms with E-state index in [0.29, 0.717) is 0 Å². The summed E-state index contributed by atoms with van der Waals surface area (Å²) in [5, 5.41) is 2.36. The van der Waals surface area contributed by atoms with E-state index in [1.54, 1.807) is 0 Å². The molecule has 2 aliphatic rings. The molecule has 0 atom stereocenters. The molecule has 0 N–H and O–H groups in total. The van der Waals surface area contributed by atoms with Gasteiger partial charge in [-0.15, -0.1) is 0 Å². The van der Waals surface area contributed by atoms with Crippen molar-refractivity contribution in [2.75, 3.05) is 9.80 Å². The molecule has 0 unspecified atom stereocenters. The van der Waals surface area contributed by atoms with Crippen LogP contribution < -0.4 is 26.2 Å². The van der Waals surface area contributed by atoms with Crippen molar-refractivity contribution in [1.29, 1.82) is 0 Å². The topological polar surface area (TPSA) is 21.3 Å². The van der Waals surface area contributed by atoms with Crippen molar-refractivity contribution < 1.29 is 0 Å². The van der Waals surface area contributed by atoms with E-state index in [-0.39, 0.29) is 28.4 Å². The number of fused-ring (bicyclic) bond motifs is 7. The van der Waals surface area contributed by atoms with Gasteiger partial charge in [0, 0.05) is 84.0 Å². The van der Waals surface area contributed by atoms with Gasteiger partial charge in [0.05, 0.1) is 45.2 Å². The van der Waals surface area contributed by atoms with Gasteiger partial charge in [-0.2, -0.15) is 0 Å². The van der Waals surface area contributed by atoms with Crippen molar-refractivity contribution in [2.45, 2.75) is 105 Å². The SMILES string of the molecule is CC(C)(C)c1cc(-c2ccccc2N2c3cc(-n4c(-c5ccccc5)c(-c5ccccc5)c(-c5ccccc5)c4-c4ccccc4)ccc3B3c4ccc(-n5c(-c6ccccc6)c(-c6ccccc6)c(-c6ccccc6)c5-c5ccccc5)cc4N(c4ccccc4-c4cc(C(C)(C)C)cc(C(C)(C)C)c4)c4cc(-c5ccc6c(c5)c5ccccc5n6-c5ccccc5)cc2c43)cc(C(C)(C)C)c1. The van der Waals surface area contributed by atoms with Gasteiger partial charge in [-0.1, -0.05) is 453 Å². The number of aromatic nitrogens is 3. The Kier molecular flexibility index (Phi) is 21.3. The second-order valence-electron chi connectivity index (χ2n) is 41.6. The molecule has 0 amide bonds. The van der Waals surface area contributed by atoms with E-state index in [1.807, 2.05) is 0 Å². The molecular formula is C132H110BN5. The van der Waals surface area contributed by atoms with Crippen molar-refractivity contribution in [3.8, 4) is 140 Å². The number of anilines is 6. The van der Waals surface area contributed by atoms with Gasteiger partial charge in [-0.3, -0.25) is 0 Å². The molecule has 0 fully saturated rings. The van der Waals surface area contributed by atoms with Gasteiger partial charge in [-0.25, -0.2) is 0 Å². The van der Waals surface area contributed by atoms with Gasteiger partial charge in [-0.05, 0) is 206 Å². The molecular weight excluding hydrogens is 1670 g/mol. The Hall–Kier alpha value is -16.0. The normalized spacial score (nSPS) is 12.6. The van der Waals surface area contributed by atoms with Crippen LogP contribution >= 0.6 is 0 Å². The predicted molar refractivity (Wildman–Crippen MR) is 588 cm³/mol. The number of nitrogens with zero attached hydrogens (tertiary/aromatic N) is 5. The van der Waals surface area contributed by atoms with Gasteiger partial charge < -0.3 is 23.5 Å². The third-order valence-electron chi connectivity index (χ3n) is 28.6. The van der Waals surface area contributed by atoms with Gasteiger partial charge in [0.2, 0.25) is 0 Å². The van der Waals surface area contributed by atoms with Gasteiger partial charge >= 0.3 is 0 Å². The van der Waals surface area contributed by atoms with E-state index in [9.17, 15) is 0 Å². The fourth-order valence-electron chi connectivity index (χ4n) is 21.7. The zero-order valence-electron chi connectivity index (χ0n) is 80.5. The third-order valence-corrected chi connectivity index (χ3v) is 28.6. The summed E-state index contributed by atoms with van der Waals surface area (Å²) in [4.78, 5) is 5.44. The highest BCUT2D eigenvalue weighted by atomic mass is 15.2. The molecule has 666 valence electrons. The first-order chi connectivity index (χ1) is 67.1. The third kappa shape index (κ3) is 15.0. The minimum Gasteiger partial charge on any atom is -0.311 e. The van der Waals surface area contributed by atoms with Gasteiger partial charge in [0.1, 0.15) is 0 Å². The molecule has 18 aromatic carbocycles. The van der Waals surface area contributed by atoms with Crippen LogP contribution in [-0.4, -0.2) is 20.4 Å². The van der Waals surface area contributed by atoms with Crippen molar-refractivity contribution in [3.63, 3.8) is 0 Å². The van der Waals surface area contributed by atoms with E-state index in [2.05, 4.69) is 555 Å². The summed E-state index contributed by atoms with van der Waals surface area (Å²) in [5.41, 5.74) is 44.5. The molecule has 0 saturated carbocycles. The van der Waals surface area contributed by atoms with Crippen molar-refractivity contribution in [1.82, 2.24) is 13.7 Å². The second-order valence-corrected chi connectivity index (χ2v) is 41.6. The molecule has 21 aromatic rings. The fraction of sp³-hybridized carbons (Fsp3) is 0.121. The first-order valence-electron chi connectivity index (χ1n) is 48.7. The molecule has 138 heavy (non-hydrogen) atoms. The lowest BCUT2D eigenvalue weighted by atomic mass is 9.33. The Morgan fingerprint density at radius 3 is 0.819 bits per heavy atom. The van der Waals surface area contributed by atoms with Crippen LogP contribution in [0.2, 0.25) is 0 Å². The first kappa shape index (κ1) is 86.1. The van der Waals surface area contributed by atoms with E-state index in [4.69, 9.17) is 0 Å². The maximum Gasteiger partial charge on any atom is 0.252 e. The Bertz CT molecular complexity index is 7560. The smallest absolute Gasteiger partial charge is 0.252 e. The largest absolute Gasteiger partial charge is 0.311 e. The molecule has 0 spiro atoms. The summed E-state index contributed by atoms with van der Waals surface area (Å²) in [7, 11) is 0. The van der Waals surface area contributed by atoms with Crippen LogP contribution in [0, 0.1) is 0 Å². The molecule has 0 radical (unpaired) electrons.